The topological polar surface area (TPSA) is 43.6 Å². The van der Waals surface area contributed by atoms with Gasteiger partial charge in [0.25, 0.3) is 0 Å². The minimum Gasteiger partial charge on any atom is -0.309 e. The predicted molar refractivity (Wildman–Crippen MR) is 228 cm³/mol. The van der Waals surface area contributed by atoms with E-state index in [0.717, 1.165) is 22.4 Å². The maximum Gasteiger partial charge on any atom is 0.164 e. The quantitative estimate of drug-likeness (QED) is 0.172. The predicted octanol–water partition coefficient (Wildman–Crippen LogP) is 12.3. The molecule has 0 atom stereocenters. The number of fused-ring (bicyclic) bond motifs is 6. The largest absolute Gasteiger partial charge is 0.309 e. The van der Waals surface area contributed by atoms with E-state index >= 15 is 0 Å². The Balaban J connectivity index is 1.13. The van der Waals surface area contributed by atoms with Crippen LogP contribution in [0.1, 0.15) is 22.3 Å². The lowest BCUT2D eigenvalue weighted by Crippen LogP contribution is -2.28. The summed E-state index contributed by atoms with van der Waals surface area (Å²) in [7, 11) is 0. The van der Waals surface area contributed by atoms with Crippen LogP contribution in [0.3, 0.4) is 0 Å². The summed E-state index contributed by atoms with van der Waals surface area (Å²) in [5.41, 5.74) is 13.3. The molecule has 0 fully saturated rings. The van der Waals surface area contributed by atoms with E-state index in [1.807, 2.05) is 60.7 Å². The zero-order valence-corrected chi connectivity index (χ0v) is 30.4. The van der Waals surface area contributed by atoms with Crippen LogP contribution >= 0.6 is 0 Å². The van der Waals surface area contributed by atoms with Crippen LogP contribution in [0, 0.1) is 0 Å². The molecule has 0 bridgehead atoms. The number of rotatable bonds is 6. The first-order valence-corrected chi connectivity index (χ1v) is 19.0. The van der Waals surface area contributed by atoms with Crippen molar-refractivity contribution < 1.29 is 0 Å². The van der Waals surface area contributed by atoms with Gasteiger partial charge in [-0.25, -0.2) is 15.0 Å². The highest BCUT2D eigenvalue weighted by atomic mass is 15.0. The number of nitrogens with zero attached hydrogens (tertiary/aromatic N) is 4. The van der Waals surface area contributed by atoms with Crippen molar-refractivity contribution in [3.8, 4) is 51.0 Å². The lowest BCUT2D eigenvalue weighted by molar-refractivity contribution is 0.770. The molecular formula is C52H34N4. The van der Waals surface area contributed by atoms with Crippen molar-refractivity contribution in [3.05, 3.63) is 229 Å². The molecule has 1 aliphatic carbocycles. The van der Waals surface area contributed by atoms with Gasteiger partial charge in [0.15, 0.2) is 17.5 Å². The van der Waals surface area contributed by atoms with Crippen molar-refractivity contribution in [2.24, 2.45) is 0 Å². The maximum atomic E-state index is 5.04. The van der Waals surface area contributed by atoms with Crippen LogP contribution in [-0.2, 0) is 5.41 Å². The van der Waals surface area contributed by atoms with Crippen molar-refractivity contribution >= 4 is 21.8 Å². The molecule has 4 heteroatoms. The Labute approximate surface area is 325 Å². The van der Waals surface area contributed by atoms with Gasteiger partial charge >= 0.3 is 0 Å². The summed E-state index contributed by atoms with van der Waals surface area (Å²) in [6, 6.07) is 73.5. The molecule has 0 N–H and O–H groups in total. The molecule has 262 valence electrons. The number of para-hydroxylation sites is 2. The summed E-state index contributed by atoms with van der Waals surface area (Å²) in [6.07, 6.45) is 0. The Morgan fingerprint density at radius 3 is 1.38 bits per heavy atom. The molecule has 0 aliphatic heterocycles. The van der Waals surface area contributed by atoms with Gasteiger partial charge in [0, 0.05) is 33.2 Å². The van der Waals surface area contributed by atoms with Crippen LogP contribution in [0.2, 0.25) is 0 Å². The van der Waals surface area contributed by atoms with Gasteiger partial charge in [-0.2, -0.15) is 0 Å². The van der Waals surface area contributed by atoms with E-state index in [9.17, 15) is 0 Å². The molecule has 0 saturated carbocycles. The van der Waals surface area contributed by atoms with Crippen LogP contribution in [0.4, 0.5) is 0 Å². The van der Waals surface area contributed by atoms with Gasteiger partial charge in [-0.1, -0.05) is 176 Å². The van der Waals surface area contributed by atoms with Crippen LogP contribution in [-0.4, -0.2) is 19.5 Å². The Morgan fingerprint density at radius 2 is 0.786 bits per heavy atom. The molecule has 2 heterocycles. The first kappa shape index (κ1) is 32.0. The number of benzene rings is 8. The van der Waals surface area contributed by atoms with E-state index in [2.05, 4.69) is 150 Å². The molecule has 0 unspecified atom stereocenters. The SMILES string of the molecule is c1ccc(-c2nc(-c3ccccc3)nc(-c3ccc(C4(c5ccc6c(c5)c5ccccc5n6-c5ccccc5)c5ccccc5-c5ccccc54)cc3)n2)cc1. The third-order valence-electron chi connectivity index (χ3n) is 11.3. The Bertz CT molecular complexity index is 2960. The molecule has 0 spiro atoms. The van der Waals surface area contributed by atoms with Crippen LogP contribution < -0.4 is 0 Å². The second-order valence-electron chi connectivity index (χ2n) is 14.4. The molecule has 0 saturated heterocycles. The second kappa shape index (κ2) is 12.9. The fourth-order valence-corrected chi connectivity index (χ4v) is 8.89. The standard InChI is InChI=1S/C52H34N4/c1-4-16-35(17-5-1)49-53-50(36-18-6-2-7-19-36)55-51(54-49)37-28-30-38(31-29-37)52(45-25-13-10-22-41(45)42-23-11-14-26-46(42)52)39-32-33-48-44(34-39)43-24-12-15-27-47(43)56(48)40-20-8-3-9-21-40/h1-34H. The van der Waals surface area contributed by atoms with Gasteiger partial charge in [0.1, 0.15) is 0 Å². The maximum absolute atomic E-state index is 5.04. The van der Waals surface area contributed by atoms with Crippen LogP contribution in [0.25, 0.3) is 72.8 Å². The molecule has 1 aliphatic rings. The van der Waals surface area contributed by atoms with Crippen molar-refractivity contribution in [1.82, 2.24) is 19.5 Å². The Kier molecular flexibility index (Phi) is 7.36. The lowest BCUT2D eigenvalue weighted by atomic mass is 9.67. The highest BCUT2D eigenvalue weighted by Crippen LogP contribution is 2.56. The minimum atomic E-state index is -0.570. The number of hydrogen-bond acceptors (Lipinski definition) is 3. The first-order chi connectivity index (χ1) is 27.8. The fourth-order valence-electron chi connectivity index (χ4n) is 8.89. The van der Waals surface area contributed by atoms with Gasteiger partial charge in [-0.05, 0) is 63.7 Å². The zero-order chi connectivity index (χ0) is 37.1. The van der Waals surface area contributed by atoms with Crippen molar-refractivity contribution in [2.75, 3.05) is 0 Å². The lowest BCUT2D eigenvalue weighted by Gasteiger charge is -2.34. The molecule has 11 rings (SSSR count). The normalized spacial score (nSPS) is 12.8. The summed E-state index contributed by atoms with van der Waals surface area (Å²) in [5, 5.41) is 2.46. The van der Waals surface area contributed by atoms with Crippen LogP contribution in [0.15, 0.2) is 206 Å². The van der Waals surface area contributed by atoms with E-state index < -0.39 is 5.41 Å². The van der Waals surface area contributed by atoms with Crippen molar-refractivity contribution in [2.45, 2.75) is 5.41 Å². The summed E-state index contributed by atoms with van der Waals surface area (Å²) >= 11 is 0. The van der Waals surface area contributed by atoms with Gasteiger partial charge in [-0.3, -0.25) is 0 Å². The Morgan fingerprint density at radius 1 is 0.339 bits per heavy atom. The first-order valence-electron chi connectivity index (χ1n) is 19.0. The summed E-state index contributed by atoms with van der Waals surface area (Å²) in [5.74, 6) is 1.94. The highest BCUT2D eigenvalue weighted by Gasteiger charge is 2.46. The fraction of sp³-hybridized carbons (Fsp3) is 0.0192. The molecule has 4 nitrogen and oxygen atoms in total. The van der Waals surface area contributed by atoms with Gasteiger partial charge < -0.3 is 4.57 Å². The summed E-state index contributed by atoms with van der Waals surface area (Å²) < 4.78 is 2.38. The number of hydrogen-bond donors (Lipinski definition) is 0. The van der Waals surface area contributed by atoms with E-state index in [4.69, 9.17) is 15.0 Å². The molecule has 0 amide bonds. The molecular weight excluding hydrogens is 681 g/mol. The Hall–Kier alpha value is -7.43. The van der Waals surface area contributed by atoms with Crippen LogP contribution in [0.5, 0.6) is 0 Å². The molecule has 0 radical (unpaired) electrons. The van der Waals surface area contributed by atoms with Crippen molar-refractivity contribution in [1.29, 1.82) is 0 Å². The van der Waals surface area contributed by atoms with Gasteiger partial charge in [0.2, 0.25) is 0 Å². The average Bonchev–Trinajstić information content (AvgIpc) is 3.78. The third-order valence-corrected chi connectivity index (χ3v) is 11.3. The molecule has 2 aromatic heterocycles. The van der Waals surface area contributed by atoms with Crippen molar-refractivity contribution in [3.63, 3.8) is 0 Å². The summed E-state index contributed by atoms with van der Waals surface area (Å²) in [6.45, 7) is 0. The van der Waals surface area contributed by atoms with E-state index in [1.165, 1.54) is 55.2 Å². The smallest absolute Gasteiger partial charge is 0.164 e. The number of aromatic nitrogens is 4. The summed E-state index contributed by atoms with van der Waals surface area (Å²) in [4.78, 5) is 15.0. The monoisotopic (exact) mass is 714 g/mol. The highest BCUT2D eigenvalue weighted by molar-refractivity contribution is 6.10. The molecule has 56 heavy (non-hydrogen) atoms. The molecule has 10 aromatic rings. The minimum absolute atomic E-state index is 0.570. The molecule has 8 aromatic carbocycles. The second-order valence-corrected chi connectivity index (χ2v) is 14.4. The third kappa shape index (κ3) is 4.89. The van der Waals surface area contributed by atoms with E-state index in [0.29, 0.717) is 17.5 Å². The average molecular weight is 715 g/mol. The zero-order valence-electron chi connectivity index (χ0n) is 30.4. The van der Waals surface area contributed by atoms with Gasteiger partial charge in [0.05, 0.1) is 16.4 Å². The van der Waals surface area contributed by atoms with Gasteiger partial charge in [-0.15, -0.1) is 0 Å². The van der Waals surface area contributed by atoms with E-state index in [1.54, 1.807) is 0 Å². The van der Waals surface area contributed by atoms with E-state index in [-0.39, 0.29) is 0 Å².